The molecule has 0 saturated carbocycles. The van der Waals surface area contributed by atoms with Crippen molar-refractivity contribution in [2.24, 2.45) is 5.10 Å². The molecule has 1 aliphatic rings. The van der Waals surface area contributed by atoms with Gasteiger partial charge in [0.05, 0.1) is 0 Å². The van der Waals surface area contributed by atoms with Crippen LogP contribution in [0, 0.1) is 0 Å². The number of hydrazone groups is 1. The molecule has 4 heteroatoms. The predicted octanol–water partition coefficient (Wildman–Crippen LogP) is 0.531. The van der Waals surface area contributed by atoms with Crippen molar-refractivity contribution < 1.29 is 9.59 Å². The summed E-state index contributed by atoms with van der Waals surface area (Å²) in [4.78, 5) is 21.7. The van der Waals surface area contributed by atoms with Crippen molar-refractivity contribution in [1.82, 2.24) is 5.01 Å². The minimum atomic E-state index is -0.311. The molecule has 0 atom stereocenters. The molecule has 0 aromatic rings. The normalized spacial score (nSPS) is 18.2. The fourth-order valence-corrected chi connectivity index (χ4v) is 0.916. The molecule has 0 fully saturated rings. The molecule has 11 heavy (non-hydrogen) atoms. The standard InChI is InChI=1S/C7H10N2O2/c1-5-3-4-7(11)9(8-5)6(2)10/h3-4H2,1-2H3. The highest BCUT2D eigenvalue weighted by atomic mass is 16.2. The van der Waals surface area contributed by atoms with Gasteiger partial charge in [-0.2, -0.15) is 10.1 Å². The van der Waals surface area contributed by atoms with E-state index in [1.54, 1.807) is 0 Å². The van der Waals surface area contributed by atoms with E-state index < -0.39 is 0 Å². The van der Waals surface area contributed by atoms with Crippen molar-refractivity contribution in [3.8, 4) is 0 Å². The monoisotopic (exact) mass is 154 g/mol. The van der Waals surface area contributed by atoms with Gasteiger partial charge in [-0.15, -0.1) is 0 Å². The van der Waals surface area contributed by atoms with Gasteiger partial charge in [-0.05, 0) is 13.3 Å². The van der Waals surface area contributed by atoms with Gasteiger partial charge < -0.3 is 0 Å². The molecule has 0 saturated heterocycles. The second kappa shape index (κ2) is 2.82. The highest BCUT2D eigenvalue weighted by Crippen LogP contribution is 2.08. The Morgan fingerprint density at radius 1 is 1.55 bits per heavy atom. The quantitative estimate of drug-likeness (QED) is 0.511. The van der Waals surface area contributed by atoms with Gasteiger partial charge in [-0.25, -0.2) is 0 Å². The Morgan fingerprint density at radius 3 is 2.64 bits per heavy atom. The summed E-state index contributed by atoms with van der Waals surface area (Å²) in [6, 6.07) is 0. The summed E-state index contributed by atoms with van der Waals surface area (Å²) in [7, 11) is 0. The first-order valence-electron chi connectivity index (χ1n) is 3.49. The van der Waals surface area contributed by atoms with Gasteiger partial charge >= 0.3 is 0 Å². The van der Waals surface area contributed by atoms with E-state index >= 15 is 0 Å². The molecule has 0 unspecified atom stereocenters. The summed E-state index contributed by atoms with van der Waals surface area (Å²) in [6.45, 7) is 3.14. The van der Waals surface area contributed by atoms with Crippen LogP contribution < -0.4 is 0 Å². The topological polar surface area (TPSA) is 49.7 Å². The molecule has 0 bridgehead atoms. The van der Waals surface area contributed by atoms with Crippen molar-refractivity contribution in [2.45, 2.75) is 26.7 Å². The largest absolute Gasteiger partial charge is 0.273 e. The molecule has 0 aromatic carbocycles. The minimum absolute atomic E-state index is 0.205. The third-order valence-corrected chi connectivity index (χ3v) is 1.51. The maximum atomic E-state index is 11.0. The number of hydrogen-bond acceptors (Lipinski definition) is 3. The van der Waals surface area contributed by atoms with Gasteiger partial charge in [0.2, 0.25) is 11.8 Å². The lowest BCUT2D eigenvalue weighted by molar-refractivity contribution is -0.144. The first kappa shape index (κ1) is 7.91. The molecule has 1 heterocycles. The molecule has 4 nitrogen and oxygen atoms in total. The van der Waals surface area contributed by atoms with Crippen molar-refractivity contribution in [1.29, 1.82) is 0 Å². The van der Waals surface area contributed by atoms with Crippen LogP contribution in [0.5, 0.6) is 0 Å². The van der Waals surface area contributed by atoms with Gasteiger partial charge in [-0.1, -0.05) is 0 Å². The summed E-state index contributed by atoms with van der Waals surface area (Å²) in [5.41, 5.74) is 0.833. The lowest BCUT2D eigenvalue weighted by atomic mass is 10.2. The summed E-state index contributed by atoms with van der Waals surface area (Å²) in [6.07, 6.45) is 1.07. The van der Waals surface area contributed by atoms with Crippen LogP contribution >= 0.6 is 0 Å². The molecule has 1 aliphatic heterocycles. The van der Waals surface area contributed by atoms with Crippen LogP contribution in [0.15, 0.2) is 5.10 Å². The average molecular weight is 154 g/mol. The molecular formula is C7H10N2O2. The zero-order valence-corrected chi connectivity index (χ0v) is 6.63. The van der Waals surface area contributed by atoms with Gasteiger partial charge in [0.25, 0.3) is 0 Å². The van der Waals surface area contributed by atoms with Crippen LogP contribution in [0.3, 0.4) is 0 Å². The lowest BCUT2D eigenvalue weighted by Gasteiger charge is -2.18. The van der Waals surface area contributed by atoms with E-state index in [0.717, 1.165) is 10.7 Å². The number of carbonyl (C=O) groups is 2. The number of hydrogen-bond donors (Lipinski definition) is 0. The van der Waals surface area contributed by atoms with Crippen LogP contribution in [0.1, 0.15) is 26.7 Å². The van der Waals surface area contributed by atoms with Gasteiger partial charge in [-0.3, -0.25) is 9.59 Å². The van der Waals surface area contributed by atoms with Crippen molar-refractivity contribution >= 4 is 17.5 Å². The molecule has 0 aliphatic carbocycles. The van der Waals surface area contributed by atoms with Crippen LogP contribution in [0.4, 0.5) is 0 Å². The third kappa shape index (κ3) is 1.63. The van der Waals surface area contributed by atoms with Crippen LogP contribution in [0.2, 0.25) is 0 Å². The van der Waals surface area contributed by atoms with E-state index in [9.17, 15) is 9.59 Å². The summed E-state index contributed by atoms with van der Waals surface area (Å²) in [5.74, 6) is -0.517. The van der Waals surface area contributed by atoms with Crippen LogP contribution in [-0.2, 0) is 9.59 Å². The van der Waals surface area contributed by atoms with E-state index in [2.05, 4.69) is 5.10 Å². The second-order valence-electron chi connectivity index (χ2n) is 2.56. The number of imide groups is 1. The number of carbonyl (C=O) groups excluding carboxylic acids is 2. The SMILES string of the molecule is CC(=O)N1N=C(C)CCC1=O. The first-order valence-corrected chi connectivity index (χ1v) is 3.49. The van der Waals surface area contributed by atoms with E-state index in [1.165, 1.54) is 6.92 Å². The molecule has 0 aromatic heterocycles. The fourth-order valence-electron chi connectivity index (χ4n) is 0.916. The Kier molecular flexibility index (Phi) is 2.03. The smallest absolute Gasteiger partial charge is 0.250 e. The summed E-state index contributed by atoms with van der Waals surface area (Å²) < 4.78 is 0. The van der Waals surface area contributed by atoms with Gasteiger partial charge in [0.1, 0.15) is 0 Å². The Hall–Kier alpha value is -1.19. The Morgan fingerprint density at radius 2 is 2.18 bits per heavy atom. The Balaban J connectivity index is 2.83. The number of nitrogens with zero attached hydrogens (tertiary/aromatic N) is 2. The molecule has 2 amide bonds. The zero-order chi connectivity index (χ0) is 8.43. The summed E-state index contributed by atoms with van der Waals surface area (Å²) in [5, 5.41) is 4.74. The Labute approximate surface area is 64.9 Å². The minimum Gasteiger partial charge on any atom is -0.273 e. The summed E-state index contributed by atoms with van der Waals surface area (Å²) >= 11 is 0. The van der Waals surface area contributed by atoms with E-state index in [1.807, 2.05) is 6.92 Å². The van der Waals surface area contributed by atoms with Crippen LogP contribution in [-0.4, -0.2) is 22.5 Å². The molecule has 0 spiro atoms. The highest BCUT2D eigenvalue weighted by molar-refractivity contribution is 6.00. The molecular weight excluding hydrogens is 144 g/mol. The highest BCUT2D eigenvalue weighted by Gasteiger charge is 2.21. The lowest BCUT2D eigenvalue weighted by Crippen LogP contribution is -2.34. The maximum absolute atomic E-state index is 11.0. The molecule has 0 radical (unpaired) electrons. The molecule has 1 rings (SSSR count). The van der Waals surface area contributed by atoms with Crippen molar-refractivity contribution in [3.05, 3.63) is 0 Å². The third-order valence-electron chi connectivity index (χ3n) is 1.51. The van der Waals surface area contributed by atoms with E-state index in [-0.39, 0.29) is 11.8 Å². The second-order valence-corrected chi connectivity index (χ2v) is 2.56. The van der Waals surface area contributed by atoms with Crippen LogP contribution in [0.25, 0.3) is 0 Å². The first-order chi connectivity index (χ1) is 5.11. The van der Waals surface area contributed by atoms with Crippen molar-refractivity contribution in [2.75, 3.05) is 0 Å². The van der Waals surface area contributed by atoms with E-state index in [0.29, 0.717) is 12.8 Å². The number of amides is 2. The van der Waals surface area contributed by atoms with Gasteiger partial charge in [0, 0.05) is 19.1 Å². The zero-order valence-electron chi connectivity index (χ0n) is 6.63. The molecule has 0 N–H and O–H groups in total. The number of rotatable bonds is 0. The Bertz CT molecular complexity index is 233. The predicted molar refractivity (Wildman–Crippen MR) is 39.9 cm³/mol. The molecule has 60 valence electrons. The average Bonchev–Trinajstić information content (AvgIpc) is 1.94. The van der Waals surface area contributed by atoms with Crippen molar-refractivity contribution in [3.63, 3.8) is 0 Å². The van der Waals surface area contributed by atoms with E-state index in [4.69, 9.17) is 0 Å². The van der Waals surface area contributed by atoms with Gasteiger partial charge in [0.15, 0.2) is 0 Å². The maximum Gasteiger partial charge on any atom is 0.250 e. The fraction of sp³-hybridized carbons (Fsp3) is 0.571.